The number of aromatic nitrogens is 3. The topological polar surface area (TPSA) is 80.4 Å². The molecule has 1 aromatic heterocycles. The molecule has 0 amide bonds. The fraction of sp³-hybridized carbons (Fsp3) is 0.407. The van der Waals surface area contributed by atoms with Crippen LogP contribution in [0.4, 0.5) is 0 Å². The van der Waals surface area contributed by atoms with Crippen LogP contribution in [0.15, 0.2) is 53.2 Å². The number of fused-ring (bicyclic) bond motifs is 3. The van der Waals surface area contributed by atoms with Gasteiger partial charge >= 0.3 is 0 Å². The van der Waals surface area contributed by atoms with Crippen LogP contribution >= 0.6 is 15.9 Å². The largest absolute Gasteiger partial charge is 0.506 e. The first-order valence-corrected chi connectivity index (χ1v) is 12.5. The number of hydrogen-bond donors (Lipinski definition) is 2. The average molecular weight is 522 g/mol. The molecular formula is C27H28BrN3O3. The highest BCUT2D eigenvalue weighted by molar-refractivity contribution is 9.10. The summed E-state index contributed by atoms with van der Waals surface area (Å²) in [6.45, 7) is 6.93. The number of halogens is 1. The van der Waals surface area contributed by atoms with Gasteiger partial charge in [0.1, 0.15) is 17.2 Å². The molecule has 1 spiro atoms. The van der Waals surface area contributed by atoms with Crippen LogP contribution in [0.5, 0.6) is 11.5 Å². The van der Waals surface area contributed by atoms with Gasteiger partial charge in [0.2, 0.25) is 0 Å². The molecule has 7 heteroatoms. The second-order valence-electron chi connectivity index (χ2n) is 10.3. The molecule has 2 aromatic carbocycles. The summed E-state index contributed by atoms with van der Waals surface area (Å²) in [6, 6.07) is 9.90. The Labute approximate surface area is 207 Å². The lowest BCUT2D eigenvalue weighted by Gasteiger charge is -2.42. The van der Waals surface area contributed by atoms with Gasteiger partial charge in [-0.15, -0.1) is 5.10 Å². The first-order chi connectivity index (χ1) is 16.3. The summed E-state index contributed by atoms with van der Waals surface area (Å²) in [7, 11) is 1.65. The Morgan fingerprint density at radius 2 is 2.06 bits per heavy atom. The molecule has 176 valence electrons. The van der Waals surface area contributed by atoms with Crippen molar-refractivity contribution >= 4 is 15.9 Å². The smallest absolute Gasteiger partial charge is 0.132 e. The quantitative estimate of drug-likeness (QED) is 0.444. The van der Waals surface area contributed by atoms with E-state index < -0.39 is 5.60 Å². The van der Waals surface area contributed by atoms with Crippen molar-refractivity contribution < 1.29 is 14.9 Å². The maximum Gasteiger partial charge on any atom is 0.132 e. The minimum absolute atomic E-state index is 0.1000. The summed E-state index contributed by atoms with van der Waals surface area (Å²) in [5, 5.41) is 31.1. The van der Waals surface area contributed by atoms with Gasteiger partial charge in [0.05, 0.1) is 29.9 Å². The van der Waals surface area contributed by atoms with Gasteiger partial charge in [-0.3, -0.25) is 4.68 Å². The van der Waals surface area contributed by atoms with E-state index in [1.165, 1.54) is 11.1 Å². The van der Waals surface area contributed by atoms with Crippen molar-refractivity contribution in [3.8, 4) is 22.8 Å². The second-order valence-corrected chi connectivity index (χ2v) is 11.1. The van der Waals surface area contributed by atoms with Gasteiger partial charge in [-0.2, -0.15) is 0 Å². The maximum atomic E-state index is 11.4. The average Bonchev–Trinajstić information content (AvgIpc) is 3.44. The summed E-state index contributed by atoms with van der Waals surface area (Å²) in [5.41, 5.74) is 5.22. The maximum absolute atomic E-state index is 11.4. The number of rotatable bonds is 4. The van der Waals surface area contributed by atoms with Crippen molar-refractivity contribution in [2.75, 3.05) is 7.11 Å². The number of phenolic OH excluding ortho intramolecular Hbond substituents is 1. The Morgan fingerprint density at radius 3 is 2.79 bits per heavy atom. The van der Waals surface area contributed by atoms with Crippen molar-refractivity contribution in [2.45, 2.75) is 56.6 Å². The standard InChI is InChI=1S/C27H28BrN3O3/c1-15-11-26-14-27(15,33)9-8-20(26)19-10-22(28)25(32)16(2)24(19)21(26)12-31-13-23(29-30-31)17-4-6-18(34-3)7-5-17/h4-7,10,13,20-21,32-33H,1,8-9,11-12,14H2,2-3H3/t20-,21-,26-,27-/m0/s1. The summed E-state index contributed by atoms with van der Waals surface area (Å²) in [4.78, 5) is 0. The Kier molecular flexibility index (Phi) is 4.78. The number of ether oxygens (including phenoxy) is 1. The first kappa shape index (κ1) is 21.9. The Bertz CT molecular complexity index is 1320. The SMILES string of the molecule is C=C1C[C@]23C[C@@]1(O)CC[C@H]2c1cc(Br)c(O)c(C)c1[C@@H]3Cn1cc(-c2ccc(OC)cc2)nn1. The molecule has 2 bridgehead atoms. The number of benzene rings is 2. The van der Waals surface area contributed by atoms with Gasteiger partial charge < -0.3 is 14.9 Å². The van der Waals surface area contributed by atoms with E-state index in [1.54, 1.807) is 7.11 Å². The van der Waals surface area contributed by atoms with Crippen LogP contribution in [0, 0.1) is 12.3 Å². The predicted molar refractivity (Wildman–Crippen MR) is 133 cm³/mol. The van der Waals surface area contributed by atoms with Gasteiger partial charge in [0.15, 0.2) is 0 Å². The monoisotopic (exact) mass is 521 g/mol. The molecule has 6 nitrogen and oxygen atoms in total. The van der Waals surface area contributed by atoms with E-state index in [0.717, 1.165) is 51.9 Å². The number of aliphatic hydroxyl groups is 1. The number of phenols is 1. The minimum Gasteiger partial charge on any atom is -0.506 e. The highest BCUT2D eigenvalue weighted by Crippen LogP contribution is 2.72. The normalized spacial score (nSPS) is 29.2. The Morgan fingerprint density at radius 1 is 1.29 bits per heavy atom. The van der Waals surface area contributed by atoms with Gasteiger partial charge in [-0.25, -0.2) is 0 Å². The van der Waals surface area contributed by atoms with Crippen molar-refractivity contribution in [3.05, 3.63) is 69.8 Å². The molecule has 0 radical (unpaired) electrons. The third-order valence-electron chi connectivity index (χ3n) is 8.65. The number of nitrogens with zero attached hydrogens (tertiary/aromatic N) is 3. The van der Waals surface area contributed by atoms with Crippen molar-refractivity contribution in [3.63, 3.8) is 0 Å². The fourth-order valence-electron chi connectivity index (χ4n) is 7.02. The van der Waals surface area contributed by atoms with Crippen LogP contribution in [0.3, 0.4) is 0 Å². The third-order valence-corrected chi connectivity index (χ3v) is 9.26. The van der Waals surface area contributed by atoms with E-state index >= 15 is 0 Å². The molecule has 3 aliphatic rings. The summed E-state index contributed by atoms with van der Waals surface area (Å²) in [6.07, 6.45) is 5.15. The van der Waals surface area contributed by atoms with E-state index in [9.17, 15) is 10.2 Å². The second kappa shape index (κ2) is 7.43. The van der Waals surface area contributed by atoms with Gasteiger partial charge in [0.25, 0.3) is 0 Å². The van der Waals surface area contributed by atoms with Crippen LogP contribution in [-0.4, -0.2) is 37.9 Å². The molecule has 1 heterocycles. The lowest BCUT2D eigenvalue weighted by Crippen LogP contribution is -2.39. The highest BCUT2D eigenvalue weighted by Gasteiger charge is 2.64. The van der Waals surface area contributed by atoms with Crippen molar-refractivity contribution in [1.29, 1.82) is 0 Å². The van der Waals surface area contributed by atoms with E-state index in [2.05, 4.69) is 38.9 Å². The predicted octanol–water partition coefficient (Wildman–Crippen LogP) is 5.47. The van der Waals surface area contributed by atoms with E-state index in [1.807, 2.05) is 42.1 Å². The molecule has 0 saturated heterocycles. The number of aromatic hydroxyl groups is 1. The molecule has 6 rings (SSSR count). The van der Waals surface area contributed by atoms with Crippen molar-refractivity contribution in [1.82, 2.24) is 15.0 Å². The highest BCUT2D eigenvalue weighted by atomic mass is 79.9. The van der Waals surface area contributed by atoms with Crippen LogP contribution in [0.1, 0.15) is 54.2 Å². The van der Waals surface area contributed by atoms with Crippen LogP contribution in [0.2, 0.25) is 0 Å². The zero-order chi connectivity index (χ0) is 23.8. The summed E-state index contributed by atoms with van der Waals surface area (Å²) >= 11 is 3.56. The molecule has 2 saturated carbocycles. The van der Waals surface area contributed by atoms with Gasteiger partial charge in [0, 0.05) is 11.5 Å². The Hall–Kier alpha value is -2.64. The molecule has 34 heavy (non-hydrogen) atoms. The van der Waals surface area contributed by atoms with Crippen LogP contribution in [0.25, 0.3) is 11.3 Å². The van der Waals surface area contributed by atoms with E-state index in [4.69, 9.17) is 4.74 Å². The van der Waals surface area contributed by atoms with E-state index in [0.29, 0.717) is 24.6 Å². The molecule has 4 atom stereocenters. The molecule has 3 aromatic rings. The zero-order valence-corrected chi connectivity index (χ0v) is 21.0. The molecule has 3 aliphatic carbocycles. The first-order valence-electron chi connectivity index (χ1n) is 11.7. The molecule has 2 fully saturated rings. The minimum atomic E-state index is -0.791. The van der Waals surface area contributed by atoms with Crippen molar-refractivity contribution in [2.24, 2.45) is 5.41 Å². The van der Waals surface area contributed by atoms with Gasteiger partial charge in [-0.05, 0) is 112 Å². The van der Waals surface area contributed by atoms with Crippen LogP contribution in [-0.2, 0) is 6.54 Å². The molecule has 0 unspecified atom stereocenters. The summed E-state index contributed by atoms with van der Waals surface area (Å²) in [5.74, 6) is 1.52. The van der Waals surface area contributed by atoms with Gasteiger partial charge in [-0.1, -0.05) is 11.8 Å². The Balaban J connectivity index is 1.42. The lowest BCUT2D eigenvalue weighted by atomic mass is 9.63. The third kappa shape index (κ3) is 2.96. The fourth-order valence-corrected chi connectivity index (χ4v) is 7.56. The summed E-state index contributed by atoms with van der Waals surface area (Å²) < 4.78 is 7.91. The molecular weight excluding hydrogens is 494 g/mol. The van der Waals surface area contributed by atoms with Crippen LogP contribution < -0.4 is 4.74 Å². The number of hydrogen-bond acceptors (Lipinski definition) is 5. The molecule has 2 N–H and O–H groups in total. The molecule has 0 aliphatic heterocycles. The number of methoxy groups -OCH3 is 1. The lowest BCUT2D eigenvalue weighted by molar-refractivity contribution is 0.00370. The zero-order valence-electron chi connectivity index (χ0n) is 19.4. The van der Waals surface area contributed by atoms with E-state index in [-0.39, 0.29) is 11.3 Å².